The van der Waals surface area contributed by atoms with Gasteiger partial charge in [-0.05, 0) is 48.7 Å². The summed E-state index contributed by atoms with van der Waals surface area (Å²) >= 11 is 0. The van der Waals surface area contributed by atoms with E-state index >= 15 is 0 Å². The minimum Gasteiger partial charge on any atom is -0.496 e. The van der Waals surface area contributed by atoms with Crippen LogP contribution in [0.15, 0.2) is 47.4 Å². The lowest BCUT2D eigenvalue weighted by atomic mass is 10.1. The first-order chi connectivity index (χ1) is 13.4. The Bertz CT molecular complexity index is 913. The van der Waals surface area contributed by atoms with Gasteiger partial charge < -0.3 is 14.8 Å². The quantitative estimate of drug-likeness (QED) is 0.592. The summed E-state index contributed by atoms with van der Waals surface area (Å²) in [5.41, 5.74) is 1.27. The maximum atomic E-state index is 12.8. The fraction of sp³-hybridized carbons (Fsp3) is 0.350. The molecule has 2 aromatic rings. The lowest BCUT2D eigenvalue weighted by Gasteiger charge is -2.14. The van der Waals surface area contributed by atoms with Crippen molar-refractivity contribution in [1.82, 2.24) is 5.32 Å². The van der Waals surface area contributed by atoms with Crippen LogP contribution in [0, 0.1) is 0 Å². The third kappa shape index (κ3) is 5.46. The van der Waals surface area contributed by atoms with E-state index in [0.29, 0.717) is 31.7 Å². The molecule has 8 heteroatoms. The fourth-order valence-electron chi connectivity index (χ4n) is 2.69. The number of benzene rings is 2. The van der Waals surface area contributed by atoms with Crippen LogP contribution < -0.4 is 14.8 Å². The number of ether oxygens (including phenoxy) is 2. The molecule has 0 atom stereocenters. The summed E-state index contributed by atoms with van der Waals surface area (Å²) in [5.74, 6) is 0.288. The molecule has 0 aromatic heterocycles. The summed E-state index contributed by atoms with van der Waals surface area (Å²) in [6.07, 6.45) is 1.30. The summed E-state index contributed by atoms with van der Waals surface area (Å²) in [7, 11) is -0.725. The van der Waals surface area contributed by atoms with Crippen molar-refractivity contribution < 1.29 is 22.7 Å². The van der Waals surface area contributed by atoms with Crippen LogP contribution >= 0.6 is 0 Å². The minimum absolute atomic E-state index is 0.112. The zero-order chi connectivity index (χ0) is 20.6. The summed E-state index contributed by atoms with van der Waals surface area (Å²) in [5, 5.41) is 2.76. The molecule has 0 unspecified atom stereocenters. The second-order valence-corrected chi connectivity index (χ2v) is 7.76. The number of carbonyl (C=O) groups is 1. The van der Waals surface area contributed by atoms with Crippen LogP contribution in [-0.4, -0.2) is 41.7 Å². The molecule has 1 amide bonds. The molecule has 28 heavy (non-hydrogen) atoms. The van der Waals surface area contributed by atoms with E-state index < -0.39 is 10.0 Å². The van der Waals surface area contributed by atoms with Crippen LogP contribution in [0.1, 0.15) is 29.3 Å². The molecule has 0 bridgehead atoms. The Labute approximate surface area is 166 Å². The van der Waals surface area contributed by atoms with E-state index in [2.05, 4.69) is 10.0 Å². The number of rotatable bonds is 10. The van der Waals surface area contributed by atoms with Crippen molar-refractivity contribution in [3.05, 3.63) is 53.6 Å². The van der Waals surface area contributed by atoms with Gasteiger partial charge in [0.05, 0.1) is 23.3 Å². The zero-order valence-electron chi connectivity index (χ0n) is 16.3. The van der Waals surface area contributed by atoms with Crippen molar-refractivity contribution in [3.63, 3.8) is 0 Å². The van der Waals surface area contributed by atoms with Crippen LogP contribution in [0.2, 0.25) is 0 Å². The molecule has 0 spiro atoms. The number of hydrogen-bond acceptors (Lipinski definition) is 5. The topological polar surface area (TPSA) is 93.7 Å². The van der Waals surface area contributed by atoms with Crippen molar-refractivity contribution in [2.75, 3.05) is 32.1 Å². The Morgan fingerprint density at radius 1 is 1.11 bits per heavy atom. The summed E-state index contributed by atoms with van der Waals surface area (Å²) in [6, 6.07) is 11.2. The van der Waals surface area contributed by atoms with Gasteiger partial charge in [0.1, 0.15) is 5.75 Å². The molecule has 0 fully saturated rings. The Balaban J connectivity index is 2.24. The number of carbonyl (C=O) groups excluding carboxylic acids is 1. The van der Waals surface area contributed by atoms with E-state index in [0.717, 1.165) is 5.56 Å². The van der Waals surface area contributed by atoms with Gasteiger partial charge in [-0.2, -0.15) is 0 Å². The maximum Gasteiger partial charge on any atom is 0.261 e. The predicted molar refractivity (Wildman–Crippen MR) is 108 cm³/mol. The first-order valence-corrected chi connectivity index (χ1v) is 10.5. The predicted octanol–water partition coefficient (Wildman–Crippen LogP) is 2.82. The first kappa shape index (κ1) is 21.7. The zero-order valence-corrected chi connectivity index (χ0v) is 17.1. The van der Waals surface area contributed by atoms with Gasteiger partial charge in [0.2, 0.25) is 0 Å². The Hall–Kier alpha value is -2.58. The first-order valence-electron chi connectivity index (χ1n) is 8.98. The van der Waals surface area contributed by atoms with Gasteiger partial charge in [0.25, 0.3) is 15.9 Å². The van der Waals surface area contributed by atoms with E-state index in [1.165, 1.54) is 6.07 Å². The van der Waals surface area contributed by atoms with Crippen molar-refractivity contribution in [2.45, 2.75) is 24.7 Å². The van der Waals surface area contributed by atoms with Crippen molar-refractivity contribution in [3.8, 4) is 5.75 Å². The molecule has 0 aliphatic heterocycles. The number of para-hydroxylation sites is 1. The second kappa shape index (κ2) is 10.1. The Morgan fingerprint density at radius 2 is 1.86 bits per heavy atom. The van der Waals surface area contributed by atoms with Gasteiger partial charge in [-0.3, -0.25) is 9.52 Å². The van der Waals surface area contributed by atoms with Gasteiger partial charge in [-0.1, -0.05) is 19.1 Å². The molecule has 2 rings (SSSR count). The average molecular weight is 407 g/mol. The Morgan fingerprint density at radius 3 is 2.54 bits per heavy atom. The molecule has 0 radical (unpaired) electrons. The lowest BCUT2D eigenvalue weighted by molar-refractivity contribution is 0.0949. The molecule has 0 heterocycles. The van der Waals surface area contributed by atoms with E-state index in [1.54, 1.807) is 50.6 Å². The van der Waals surface area contributed by atoms with Gasteiger partial charge in [0.15, 0.2) is 0 Å². The molecule has 2 aromatic carbocycles. The number of anilines is 1. The van der Waals surface area contributed by atoms with Crippen LogP contribution in [0.4, 0.5) is 5.69 Å². The van der Waals surface area contributed by atoms with E-state index in [1.807, 2.05) is 6.92 Å². The van der Waals surface area contributed by atoms with E-state index in [-0.39, 0.29) is 22.1 Å². The van der Waals surface area contributed by atoms with Crippen molar-refractivity contribution in [1.29, 1.82) is 0 Å². The smallest absolute Gasteiger partial charge is 0.261 e. The van der Waals surface area contributed by atoms with Crippen LogP contribution in [0.5, 0.6) is 5.75 Å². The van der Waals surface area contributed by atoms with Crippen LogP contribution in [0.3, 0.4) is 0 Å². The highest BCUT2D eigenvalue weighted by Gasteiger charge is 2.19. The minimum atomic E-state index is -3.86. The molecule has 0 saturated heterocycles. The number of sulfonamides is 1. The molecular formula is C20H26N2O5S. The standard InChI is InChI=1S/C20H26N2O5S/c1-4-15-14-16(10-11-19(15)27-3)28(24,25)22-18-9-6-5-8-17(18)20(23)21-12-7-13-26-2/h5-6,8-11,14,22H,4,7,12-13H2,1-3H3,(H,21,23). The van der Waals surface area contributed by atoms with Gasteiger partial charge in [0, 0.05) is 20.3 Å². The number of amides is 1. The average Bonchev–Trinajstić information content (AvgIpc) is 2.70. The van der Waals surface area contributed by atoms with E-state index in [4.69, 9.17) is 9.47 Å². The van der Waals surface area contributed by atoms with Gasteiger partial charge >= 0.3 is 0 Å². The molecule has 2 N–H and O–H groups in total. The maximum absolute atomic E-state index is 12.8. The molecular weight excluding hydrogens is 380 g/mol. The summed E-state index contributed by atoms with van der Waals surface area (Å²) < 4.78 is 38.4. The SMILES string of the molecule is CCc1cc(S(=O)(=O)Nc2ccccc2C(=O)NCCCOC)ccc1OC. The van der Waals surface area contributed by atoms with Crippen LogP contribution in [0.25, 0.3) is 0 Å². The lowest BCUT2D eigenvalue weighted by Crippen LogP contribution is -2.26. The molecule has 7 nitrogen and oxygen atoms in total. The van der Waals surface area contributed by atoms with Crippen molar-refractivity contribution in [2.24, 2.45) is 0 Å². The second-order valence-electron chi connectivity index (χ2n) is 6.08. The largest absolute Gasteiger partial charge is 0.496 e. The van der Waals surface area contributed by atoms with E-state index in [9.17, 15) is 13.2 Å². The number of nitrogens with one attached hydrogen (secondary N) is 2. The highest BCUT2D eigenvalue weighted by atomic mass is 32.2. The van der Waals surface area contributed by atoms with Crippen molar-refractivity contribution >= 4 is 21.6 Å². The van der Waals surface area contributed by atoms with Gasteiger partial charge in [-0.25, -0.2) is 8.42 Å². The molecule has 0 saturated carbocycles. The third-order valence-corrected chi connectivity index (χ3v) is 5.53. The monoisotopic (exact) mass is 406 g/mol. The highest BCUT2D eigenvalue weighted by Crippen LogP contribution is 2.25. The van der Waals surface area contributed by atoms with Gasteiger partial charge in [-0.15, -0.1) is 0 Å². The normalized spacial score (nSPS) is 11.1. The summed E-state index contributed by atoms with van der Waals surface area (Å²) in [6.45, 7) is 2.89. The van der Waals surface area contributed by atoms with Crippen LogP contribution in [-0.2, 0) is 21.2 Å². The molecule has 152 valence electrons. The summed E-state index contributed by atoms with van der Waals surface area (Å²) in [4.78, 5) is 12.5. The molecule has 0 aliphatic rings. The Kier molecular flexibility index (Phi) is 7.83. The fourth-order valence-corrected chi connectivity index (χ4v) is 3.82. The number of methoxy groups -OCH3 is 2. The number of hydrogen-bond donors (Lipinski definition) is 2. The third-order valence-electron chi connectivity index (χ3n) is 4.17. The molecule has 0 aliphatic carbocycles. The highest BCUT2D eigenvalue weighted by molar-refractivity contribution is 7.92. The number of aryl methyl sites for hydroxylation is 1.